The van der Waals surface area contributed by atoms with Crippen LogP contribution in [0.4, 0.5) is 0 Å². The van der Waals surface area contributed by atoms with Crippen LogP contribution < -0.4 is 5.32 Å². The van der Waals surface area contributed by atoms with E-state index in [0.29, 0.717) is 26.1 Å². The van der Waals surface area contributed by atoms with Gasteiger partial charge in [-0.3, -0.25) is 4.79 Å². The molecule has 0 aromatic carbocycles. The summed E-state index contributed by atoms with van der Waals surface area (Å²) in [5.74, 6) is 0.118. The Morgan fingerprint density at radius 2 is 2.52 bits per heavy atom. The molecular formula is C15H24N2O3S. The first kappa shape index (κ1) is 16.4. The number of nitrogens with one attached hydrogen (secondary N) is 1. The van der Waals surface area contributed by atoms with Crippen LogP contribution >= 0.6 is 11.3 Å². The summed E-state index contributed by atoms with van der Waals surface area (Å²) >= 11 is 1.56. The molecule has 1 aliphatic rings. The third kappa shape index (κ3) is 4.78. The van der Waals surface area contributed by atoms with Gasteiger partial charge in [-0.2, -0.15) is 0 Å². The molecule has 6 heteroatoms. The summed E-state index contributed by atoms with van der Waals surface area (Å²) in [5.41, 5.74) is 0. The lowest BCUT2D eigenvalue weighted by molar-refractivity contribution is -0.131. The zero-order chi connectivity index (χ0) is 15.1. The standard InChI is InChI=1S/C15H24N2O3S/c1-20-8-6-16-11-15(19)17-7-2-4-12(17)10-13(18)14-5-3-9-21-14/h3,5,9,12-13,16,18H,2,4,6-8,10-11H2,1H3. The normalized spacial score (nSPS) is 19.9. The number of aliphatic hydroxyl groups excluding tert-OH is 1. The van der Waals surface area contributed by atoms with E-state index in [0.717, 1.165) is 24.3 Å². The molecule has 2 heterocycles. The first-order valence-electron chi connectivity index (χ1n) is 7.43. The summed E-state index contributed by atoms with van der Waals surface area (Å²) < 4.78 is 4.94. The highest BCUT2D eigenvalue weighted by Crippen LogP contribution is 2.29. The van der Waals surface area contributed by atoms with Crippen molar-refractivity contribution in [2.45, 2.75) is 31.4 Å². The van der Waals surface area contributed by atoms with Crippen LogP contribution in [0.1, 0.15) is 30.2 Å². The number of amides is 1. The van der Waals surface area contributed by atoms with Crippen LogP contribution in [-0.4, -0.2) is 55.3 Å². The lowest BCUT2D eigenvalue weighted by atomic mass is 10.1. The molecule has 2 N–H and O–H groups in total. The van der Waals surface area contributed by atoms with Crippen molar-refractivity contribution in [2.75, 3.05) is 33.4 Å². The Balaban J connectivity index is 1.80. The molecule has 1 aliphatic heterocycles. The van der Waals surface area contributed by atoms with Crippen LogP contribution in [0.2, 0.25) is 0 Å². The van der Waals surface area contributed by atoms with Crippen LogP contribution in [-0.2, 0) is 9.53 Å². The van der Waals surface area contributed by atoms with Crippen molar-refractivity contribution in [2.24, 2.45) is 0 Å². The lowest BCUT2D eigenvalue weighted by Crippen LogP contribution is -2.42. The average Bonchev–Trinajstić information content (AvgIpc) is 3.14. The summed E-state index contributed by atoms with van der Waals surface area (Å²) in [5, 5.41) is 15.3. The number of carbonyl (C=O) groups excluding carboxylic acids is 1. The van der Waals surface area contributed by atoms with Crippen LogP contribution in [0, 0.1) is 0 Å². The number of hydrogen-bond acceptors (Lipinski definition) is 5. The van der Waals surface area contributed by atoms with Gasteiger partial charge in [0, 0.05) is 31.1 Å². The van der Waals surface area contributed by atoms with Crippen molar-refractivity contribution in [3.8, 4) is 0 Å². The minimum absolute atomic E-state index is 0.118. The number of aliphatic hydroxyl groups is 1. The van der Waals surface area contributed by atoms with E-state index in [2.05, 4.69) is 5.32 Å². The van der Waals surface area contributed by atoms with Crippen molar-refractivity contribution in [3.63, 3.8) is 0 Å². The largest absolute Gasteiger partial charge is 0.387 e. The fourth-order valence-electron chi connectivity index (χ4n) is 2.73. The van der Waals surface area contributed by atoms with Gasteiger partial charge in [0.05, 0.1) is 19.3 Å². The number of methoxy groups -OCH3 is 1. The molecule has 1 aromatic rings. The van der Waals surface area contributed by atoms with Gasteiger partial charge in [0.1, 0.15) is 0 Å². The average molecular weight is 312 g/mol. The Hall–Kier alpha value is -0.950. The lowest BCUT2D eigenvalue weighted by Gasteiger charge is -2.26. The fourth-order valence-corrected chi connectivity index (χ4v) is 3.46. The second-order valence-corrected chi connectivity index (χ2v) is 6.30. The van der Waals surface area contributed by atoms with Crippen LogP contribution in [0.15, 0.2) is 17.5 Å². The van der Waals surface area contributed by atoms with Crippen LogP contribution in [0.25, 0.3) is 0 Å². The monoisotopic (exact) mass is 312 g/mol. The summed E-state index contributed by atoms with van der Waals surface area (Å²) in [7, 11) is 1.64. The number of ether oxygens (including phenoxy) is 1. The van der Waals surface area contributed by atoms with E-state index < -0.39 is 6.10 Å². The Kier molecular flexibility index (Phi) is 6.63. The number of nitrogens with zero attached hydrogens (tertiary/aromatic N) is 1. The molecule has 2 rings (SSSR count). The molecule has 0 saturated carbocycles. The maximum atomic E-state index is 12.2. The van der Waals surface area contributed by atoms with Crippen molar-refractivity contribution in [3.05, 3.63) is 22.4 Å². The van der Waals surface area contributed by atoms with Gasteiger partial charge in [0.15, 0.2) is 0 Å². The maximum absolute atomic E-state index is 12.2. The second-order valence-electron chi connectivity index (χ2n) is 5.32. The van der Waals surface area contributed by atoms with Gasteiger partial charge < -0.3 is 20.1 Å². The Labute approximate surface area is 129 Å². The predicted octanol–water partition coefficient (Wildman–Crippen LogP) is 1.40. The van der Waals surface area contributed by atoms with E-state index in [4.69, 9.17) is 4.74 Å². The maximum Gasteiger partial charge on any atom is 0.236 e. The molecule has 0 spiro atoms. The van der Waals surface area contributed by atoms with Gasteiger partial charge in [-0.1, -0.05) is 6.07 Å². The molecule has 0 aliphatic carbocycles. The quantitative estimate of drug-likeness (QED) is 0.712. The summed E-state index contributed by atoms with van der Waals surface area (Å²) in [6.45, 7) is 2.42. The molecule has 1 saturated heterocycles. The molecule has 1 amide bonds. The molecule has 1 aromatic heterocycles. The Morgan fingerprint density at radius 3 is 3.24 bits per heavy atom. The van der Waals surface area contributed by atoms with E-state index in [1.807, 2.05) is 22.4 Å². The Morgan fingerprint density at radius 1 is 1.67 bits per heavy atom. The van der Waals surface area contributed by atoms with E-state index in [-0.39, 0.29) is 11.9 Å². The molecule has 118 valence electrons. The molecule has 1 fully saturated rings. The number of likely N-dealkylation sites (tertiary alicyclic amines) is 1. The first-order chi connectivity index (χ1) is 10.2. The molecule has 0 radical (unpaired) electrons. The van der Waals surface area contributed by atoms with Gasteiger partial charge >= 0.3 is 0 Å². The molecule has 2 unspecified atom stereocenters. The fraction of sp³-hybridized carbons (Fsp3) is 0.667. The predicted molar refractivity (Wildman–Crippen MR) is 83.4 cm³/mol. The minimum atomic E-state index is -0.468. The molecular weight excluding hydrogens is 288 g/mol. The zero-order valence-electron chi connectivity index (χ0n) is 12.5. The second kappa shape index (κ2) is 8.48. The zero-order valence-corrected chi connectivity index (χ0v) is 13.3. The number of carbonyl (C=O) groups is 1. The van der Waals surface area contributed by atoms with Crippen LogP contribution in [0.5, 0.6) is 0 Å². The summed E-state index contributed by atoms with van der Waals surface area (Å²) in [6.07, 6.45) is 2.16. The highest BCUT2D eigenvalue weighted by Gasteiger charge is 2.30. The van der Waals surface area contributed by atoms with Crippen molar-refractivity contribution >= 4 is 17.2 Å². The van der Waals surface area contributed by atoms with Gasteiger partial charge in [0.2, 0.25) is 5.91 Å². The summed E-state index contributed by atoms with van der Waals surface area (Å²) in [4.78, 5) is 15.1. The van der Waals surface area contributed by atoms with Crippen molar-refractivity contribution in [1.29, 1.82) is 0 Å². The first-order valence-corrected chi connectivity index (χ1v) is 8.31. The summed E-state index contributed by atoms with van der Waals surface area (Å²) in [6, 6.07) is 4.04. The molecule has 2 atom stereocenters. The third-order valence-electron chi connectivity index (χ3n) is 3.82. The van der Waals surface area contributed by atoms with Crippen molar-refractivity contribution in [1.82, 2.24) is 10.2 Å². The van der Waals surface area contributed by atoms with E-state index in [1.165, 1.54) is 0 Å². The molecule has 0 bridgehead atoms. The smallest absolute Gasteiger partial charge is 0.236 e. The highest BCUT2D eigenvalue weighted by molar-refractivity contribution is 7.10. The van der Waals surface area contributed by atoms with Gasteiger partial charge in [-0.25, -0.2) is 0 Å². The minimum Gasteiger partial charge on any atom is -0.387 e. The van der Waals surface area contributed by atoms with Crippen molar-refractivity contribution < 1.29 is 14.6 Å². The van der Waals surface area contributed by atoms with Gasteiger partial charge in [0.25, 0.3) is 0 Å². The highest BCUT2D eigenvalue weighted by atomic mass is 32.1. The van der Waals surface area contributed by atoms with Gasteiger partial charge in [-0.05, 0) is 30.7 Å². The third-order valence-corrected chi connectivity index (χ3v) is 4.80. The van der Waals surface area contributed by atoms with Gasteiger partial charge in [-0.15, -0.1) is 11.3 Å². The number of hydrogen-bond donors (Lipinski definition) is 2. The number of rotatable bonds is 8. The molecule has 5 nitrogen and oxygen atoms in total. The SMILES string of the molecule is COCCNCC(=O)N1CCCC1CC(O)c1cccs1. The topological polar surface area (TPSA) is 61.8 Å². The van der Waals surface area contributed by atoms with E-state index in [1.54, 1.807) is 18.4 Å². The Bertz CT molecular complexity index is 425. The van der Waals surface area contributed by atoms with E-state index >= 15 is 0 Å². The number of thiophene rings is 1. The van der Waals surface area contributed by atoms with Crippen LogP contribution in [0.3, 0.4) is 0 Å². The van der Waals surface area contributed by atoms with E-state index in [9.17, 15) is 9.90 Å². The molecule has 21 heavy (non-hydrogen) atoms.